The van der Waals surface area contributed by atoms with Crippen LogP contribution < -0.4 is 5.32 Å². The average molecular weight is 292 g/mol. The summed E-state index contributed by atoms with van der Waals surface area (Å²) in [6, 6.07) is 3.49. The van der Waals surface area contributed by atoms with Crippen molar-refractivity contribution in [3.8, 4) is 0 Å². The van der Waals surface area contributed by atoms with Gasteiger partial charge in [-0.2, -0.15) is 0 Å². The van der Waals surface area contributed by atoms with Gasteiger partial charge in [-0.3, -0.25) is 5.32 Å². The Morgan fingerprint density at radius 2 is 2.40 bits per heavy atom. The number of aromatic nitrogens is 2. The minimum absolute atomic E-state index is 0.178. The second-order valence-electron chi connectivity index (χ2n) is 4.74. The molecule has 6 nitrogen and oxygen atoms in total. The van der Waals surface area contributed by atoms with Gasteiger partial charge in [0.25, 0.3) is 0 Å². The molecule has 0 aliphatic heterocycles. The van der Waals surface area contributed by atoms with Gasteiger partial charge in [-0.25, -0.2) is 4.79 Å². The topological polar surface area (TPSA) is 71.3 Å². The Labute approximate surface area is 120 Å². The van der Waals surface area contributed by atoms with Gasteiger partial charge in [0.1, 0.15) is 10.8 Å². The molecule has 0 spiro atoms. The number of carbonyl (C=O) groups is 1. The van der Waals surface area contributed by atoms with E-state index in [4.69, 9.17) is 4.42 Å². The van der Waals surface area contributed by atoms with E-state index in [0.717, 1.165) is 10.8 Å². The highest BCUT2D eigenvalue weighted by molar-refractivity contribution is 7.15. The second-order valence-corrected chi connectivity index (χ2v) is 5.75. The largest absolute Gasteiger partial charge is 0.467 e. The van der Waals surface area contributed by atoms with Crippen LogP contribution >= 0.6 is 11.3 Å². The highest BCUT2D eigenvalue weighted by Crippen LogP contribution is 2.42. The van der Waals surface area contributed by atoms with Gasteiger partial charge in [0.05, 0.1) is 12.8 Å². The van der Waals surface area contributed by atoms with Crippen molar-refractivity contribution in [2.75, 3.05) is 11.9 Å². The van der Waals surface area contributed by atoms with Crippen molar-refractivity contribution in [3.63, 3.8) is 0 Å². The number of carbonyl (C=O) groups excluding carboxylic acids is 1. The lowest BCUT2D eigenvalue weighted by Crippen LogP contribution is -2.34. The van der Waals surface area contributed by atoms with E-state index in [9.17, 15) is 4.79 Å². The van der Waals surface area contributed by atoms with Crippen LogP contribution in [0.3, 0.4) is 0 Å². The number of nitrogens with one attached hydrogen (secondary N) is 1. The molecule has 2 amide bonds. The maximum atomic E-state index is 12.2. The molecule has 0 unspecified atom stereocenters. The first-order chi connectivity index (χ1) is 9.76. The number of nitrogens with zero attached hydrogens (tertiary/aromatic N) is 3. The lowest BCUT2D eigenvalue weighted by molar-refractivity contribution is 0.207. The molecule has 2 heterocycles. The smallest absolute Gasteiger partial charge is 0.324 e. The Morgan fingerprint density at radius 1 is 1.55 bits per heavy atom. The summed E-state index contributed by atoms with van der Waals surface area (Å²) in [6.45, 7) is 2.97. The highest BCUT2D eigenvalue weighted by atomic mass is 32.1. The summed E-state index contributed by atoms with van der Waals surface area (Å²) in [5.74, 6) is 1.32. The van der Waals surface area contributed by atoms with Crippen molar-refractivity contribution in [1.29, 1.82) is 0 Å². The van der Waals surface area contributed by atoms with E-state index in [1.165, 1.54) is 24.2 Å². The molecular formula is C13H16N4O2S. The predicted molar refractivity (Wildman–Crippen MR) is 75.7 cm³/mol. The summed E-state index contributed by atoms with van der Waals surface area (Å²) in [4.78, 5) is 13.8. The number of rotatable bonds is 5. The summed E-state index contributed by atoms with van der Waals surface area (Å²) in [7, 11) is 0. The normalized spacial score (nSPS) is 14.2. The Balaban J connectivity index is 1.60. The van der Waals surface area contributed by atoms with Crippen LogP contribution in [0.4, 0.5) is 9.93 Å². The lowest BCUT2D eigenvalue weighted by atomic mass is 10.4. The minimum atomic E-state index is -0.178. The van der Waals surface area contributed by atoms with Crippen LogP contribution in [-0.4, -0.2) is 27.7 Å². The molecule has 2 aromatic heterocycles. The zero-order chi connectivity index (χ0) is 13.9. The van der Waals surface area contributed by atoms with Crippen molar-refractivity contribution < 1.29 is 9.21 Å². The van der Waals surface area contributed by atoms with Crippen LogP contribution in [0.25, 0.3) is 0 Å². The molecule has 7 heteroatoms. The molecule has 1 saturated carbocycles. The van der Waals surface area contributed by atoms with Crippen LogP contribution in [0.5, 0.6) is 0 Å². The monoisotopic (exact) mass is 292 g/mol. The highest BCUT2D eigenvalue weighted by Gasteiger charge is 2.28. The molecule has 0 radical (unpaired) electrons. The van der Waals surface area contributed by atoms with Gasteiger partial charge < -0.3 is 9.32 Å². The van der Waals surface area contributed by atoms with Crippen molar-refractivity contribution in [2.45, 2.75) is 32.2 Å². The fraction of sp³-hybridized carbons (Fsp3) is 0.462. The fourth-order valence-corrected chi connectivity index (χ4v) is 2.77. The first kappa shape index (κ1) is 13.1. The number of anilines is 1. The maximum absolute atomic E-state index is 12.2. The van der Waals surface area contributed by atoms with Crippen LogP contribution in [0.15, 0.2) is 22.8 Å². The molecule has 1 aliphatic carbocycles. The molecule has 3 rings (SSSR count). The summed E-state index contributed by atoms with van der Waals surface area (Å²) in [5.41, 5.74) is 0. The van der Waals surface area contributed by atoms with Crippen LogP contribution in [0.2, 0.25) is 0 Å². The predicted octanol–water partition coefficient (Wildman–Crippen LogP) is 3.06. The Kier molecular flexibility index (Phi) is 3.68. The molecule has 0 bridgehead atoms. The molecule has 0 atom stereocenters. The average Bonchev–Trinajstić information content (AvgIpc) is 2.98. The van der Waals surface area contributed by atoms with Crippen LogP contribution in [0, 0.1) is 0 Å². The number of hydrogen-bond donors (Lipinski definition) is 1. The molecule has 20 heavy (non-hydrogen) atoms. The minimum Gasteiger partial charge on any atom is -0.467 e. The van der Waals surface area contributed by atoms with E-state index in [2.05, 4.69) is 15.5 Å². The van der Waals surface area contributed by atoms with Crippen LogP contribution in [0.1, 0.15) is 36.5 Å². The van der Waals surface area contributed by atoms with E-state index in [-0.39, 0.29) is 6.03 Å². The van der Waals surface area contributed by atoms with E-state index in [0.29, 0.717) is 24.1 Å². The maximum Gasteiger partial charge on any atom is 0.324 e. The van der Waals surface area contributed by atoms with E-state index in [1.54, 1.807) is 11.2 Å². The molecular weight excluding hydrogens is 276 g/mol. The van der Waals surface area contributed by atoms with E-state index >= 15 is 0 Å². The third-order valence-electron chi connectivity index (χ3n) is 3.18. The summed E-state index contributed by atoms with van der Waals surface area (Å²) < 4.78 is 5.26. The summed E-state index contributed by atoms with van der Waals surface area (Å²) >= 11 is 1.46. The third kappa shape index (κ3) is 2.98. The Bertz CT molecular complexity index is 577. The SMILES string of the molecule is CCN(Cc1ccco1)C(=O)Nc1nnc(C2CC2)s1. The second kappa shape index (κ2) is 5.62. The number of urea groups is 1. The number of amides is 2. The van der Waals surface area contributed by atoms with E-state index in [1.807, 2.05) is 19.1 Å². The van der Waals surface area contributed by atoms with E-state index < -0.39 is 0 Å². The van der Waals surface area contributed by atoms with Gasteiger partial charge in [0, 0.05) is 12.5 Å². The Hall–Kier alpha value is -1.89. The first-order valence-corrected chi connectivity index (χ1v) is 7.49. The molecule has 0 aromatic carbocycles. The summed E-state index contributed by atoms with van der Waals surface area (Å²) in [5, 5.41) is 12.5. The zero-order valence-corrected chi connectivity index (χ0v) is 12.0. The Morgan fingerprint density at radius 3 is 3.05 bits per heavy atom. The van der Waals surface area contributed by atoms with Crippen molar-refractivity contribution in [3.05, 3.63) is 29.2 Å². The standard InChI is InChI=1S/C13H16N4O2S/c1-2-17(8-10-4-3-7-19-10)13(18)14-12-16-15-11(20-12)9-5-6-9/h3-4,7,9H,2,5-6,8H2,1H3,(H,14,16,18). The third-order valence-corrected chi connectivity index (χ3v) is 4.18. The summed E-state index contributed by atoms with van der Waals surface area (Å²) in [6.07, 6.45) is 3.97. The van der Waals surface area contributed by atoms with Gasteiger partial charge in [-0.05, 0) is 31.9 Å². The van der Waals surface area contributed by atoms with Gasteiger partial charge in [0.2, 0.25) is 5.13 Å². The van der Waals surface area contributed by atoms with Crippen molar-refractivity contribution in [2.24, 2.45) is 0 Å². The van der Waals surface area contributed by atoms with Gasteiger partial charge in [-0.15, -0.1) is 10.2 Å². The lowest BCUT2D eigenvalue weighted by Gasteiger charge is -2.19. The van der Waals surface area contributed by atoms with Gasteiger partial charge in [-0.1, -0.05) is 11.3 Å². The van der Waals surface area contributed by atoms with Gasteiger partial charge >= 0.3 is 6.03 Å². The number of furan rings is 1. The fourth-order valence-electron chi connectivity index (χ4n) is 1.87. The van der Waals surface area contributed by atoms with Crippen LogP contribution in [-0.2, 0) is 6.54 Å². The molecule has 106 valence electrons. The van der Waals surface area contributed by atoms with Gasteiger partial charge in [0.15, 0.2) is 0 Å². The first-order valence-electron chi connectivity index (χ1n) is 6.68. The number of hydrogen-bond acceptors (Lipinski definition) is 5. The molecule has 2 aromatic rings. The van der Waals surface area contributed by atoms with Crippen molar-refractivity contribution >= 4 is 22.5 Å². The molecule has 1 aliphatic rings. The molecule has 0 saturated heterocycles. The molecule has 1 N–H and O–H groups in total. The molecule has 1 fully saturated rings. The quantitative estimate of drug-likeness (QED) is 0.919. The zero-order valence-electron chi connectivity index (χ0n) is 11.2. The van der Waals surface area contributed by atoms with Crippen molar-refractivity contribution in [1.82, 2.24) is 15.1 Å².